The smallest absolute Gasteiger partial charge is 0.240 e. The molecule has 0 aliphatic heterocycles. The van der Waals surface area contributed by atoms with Gasteiger partial charge in [-0.15, -0.1) is 0 Å². The highest BCUT2D eigenvalue weighted by Gasteiger charge is 2.13. The number of carbonyl (C=O) groups is 1. The molecule has 1 aromatic carbocycles. The van der Waals surface area contributed by atoms with E-state index in [0.29, 0.717) is 5.75 Å². The number of hydrogen-bond donors (Lipinski definition) is 1. The monoisotopic (exact) mass is 238 g/mol. The molecule has 5 nitrogen and oxygen atoms in total. The molecule has 0 aliphatic rings. The summed E-state index contributed by atoms with van der Waals surface area (Å²) in [5.41, 5.74) is 1.72. The second-order valence-corrected chi connectivity index (χ2v) is 3.82. The van der Waals surface area contributed by atoms with Crippen molar-refractivity contribution < 1.29 is 14.3 Å². The number of benzene rings is 1. The molecular formula is C12H18N2O3. The van der Waals surface area contributed by atoms with Crippen LogP contribution in [0.3, 0.4) is 0 Å². The summed E-state index contributed by atoms with van der Waals surface area (Å²) in [4.78, 5) is 11.6. The van der Waals surface area contributed by atoms with E-state index < -0.39 is 0 Å². The summed E-state index contributed by atoms with van der Waals surface area (Å²) in [6.07, 6.45) is 0.187. The van der Waals surface area contributed by atoms with Crippen molar-refractivity contribution in [1.82, 2.24) is 5.01 Å². The van der Waals surface area contributed by atoms with Gasteiger partial charge in [0.05, 0.1) is 20.6 Å². The van der Waals surface area contributed by atoms with Gasteiger partial charge in [0.1, 0.15) is 11.5 Å². The predicted molar refractivity (Wildman–Crippen MR) is 64.9 cm³/mol. The van der Waals surface area contributed by atoms with Crippen LogP contribution < -0.4 is 15.3 Å². The van der Waals surface area contributed by atoms with Crippen LogP contribution in [0.15, 0.2) is 12.1 Å². The third-order valence-electron chi connectivity index (χ3n) is 2.53. The normalized spacial score (nSPS) is 9.94. The first-order valence-corrected chi connectivity index (χ1v) is 5.22. The summed E-state index contributed by atoms with van der Waals surface area (Å²) in [7, 11) is 4.68. The van der Waals surface area contributed by atoms with Gasteiger partial charge in [0.2, 0.25) is 5.91 Å². The van der Waals surface area contributed by atoms with Crippen LogP contribution in [0, 0.1) is 6.92 Å². The number of hydrogen-bond acceptors (Lipinski definition) is 4. The lowest BCUT2D eigenvalue weighted by atomic mass is 10.1. The van der Waals surface area contributed by atoms with Crippen LogP contribution in [-0.4, -0.2) is 32.2 Å². The Morgan fingerprint density at radius 2 is 1.88 bits per heavy atom. The van der Waals surface area contributed by atoms with Crippen LogP contribution in [0.1, 0.15) is 11.1 Å². The maximum atomic E-state index is 11.6. The molecule has 0 unspecified atom stereocenters. The number of likely N-dealkylation sites (N-methyl/N-ethyl adjacent to an activating group) is 1. The third kappa shape index (κ3) is 3.10. The van der Waals surface area contributed by atoms with Gasteiger partial charge >= 0.3 is 0 Å². The second kappa shape index (κ2) is 5.54. The van der Waals surface area contributed by atoms with Crippen LogP contribution in [-0.2, 0) is 11.2 Å². The highest BCUT2D eigenvalue weighted by atomic mass is 16.5. The Balaban J connectivity index is 3.08. The minimum absolute atomic E-state index is 0.186. The van der Waals surface area contributed by atoms with E-state index in [4.69, 9.17) is 15.3 Å². The van der Waals surface area contributed by atoms with E-state index in [1.807, 2.05) is 13.0 Å². The van der Waals surface area contributed by atoms with Gasteiger partial charge in [0.25, 0.3) is 0 Å². The molecule has 0 radical (unpaired) electrons. The number of hydrazine groups is 1. The molecule has 17 heavy (non-hydrogen) atoms. The van der Waals surface area contributed by atoms with E-state index in [2.05, 4.69) is 0 Å². The number of ether oxygens (including phenoxy) is 2. The number of methoxy groups -OCH3 is 2. The zero-order chi connectivity index (χ0) is 13.0. The van der Waals surface area contributed by atoms with Crippen molar-refractivity contribution in [2.75, 3.05) is 21.3 Å². The topological polar surface area (TPSA) is 64.8 Å². The van der Waals surface area contributed by atoms with Gasteiger partial charge in [-0.05, 0) is 24.6 Å². The Kier molecular flexibility index (Phi) is 4.34. The summed E-state index contributed by atoms with van der Waals surface area (Å²) in [6.45, 7) is 1.92. The van der Waals surface area contributed by atoms with Crippen LogP contribution >= 0.6 is 0 Å². The average molecular weight is 238 g/mol. The molecule has 0 bridgehead atoms. The van der Waals surface area contributed by atoms with E-state index in [-0.39, 0.29) is 12.3 Å². The van der Waals surface area contributed by atoms with E-state index in [1.165, 1.54) is 7.05 Å². The van der Waals surface area contributed by atoms with Crippen LogP contribution in [0.2, 0.25) is 0 Å². The lowest BCUT2D eigenvalue weighted by Gasteiger charge is -2.14. The number of nitrogens with two attached hydrogens (primary N) is 1. The Morgan fingerprint density at radius 1 is 1.29 bits per heavy atom. The molecule has 1 aromatic rings. The van der Waals surface area contributed by atoms with Crippen molar-refractivity contribution in [2.45, 2.75) is 13.3 Å². The van der Waals surface area contributed by atoms with Crippen LogP contribution in [0.25, 0.3) is 0 Å². The van der Waals surface area contributed by atoms with Gasteiger partial charge in [-0.1, -0.05) is 0 Å². The largest absolute Gasteiger partial charge is 0.496 e. The molecule has 0 aliphatic carbocycles. The molecule has 0 atom stereocenters. The number of rotatable bonds is 4. The Labute approximate surface area is 101 Å². The maximum Gasteiger partial charge on any atom is 0.240 e. The molecule has 94 valence electrons. The number of carbonyl (C=O) groups excluding carboxylic acids is 1. The second-order valence-electron chi connectivity index (χ2n) is 3.82. The zero-order valence-corrected chi connectivity index (χ0v) is 10.6. The molecule has 0 heterocycles. The molecule has 0 saturated heterocycles. The molecule has 0 fully saturated rings. The van der Waals surface area contributed by atoms with E-state index in [9.17, 15) is 4.79 Å². The molecule has 5 heteroatoms. The van der Waals surface area contributed by atoms with Crippen molar-refractivity contribution >= 4 is 5.91 Å². The average Bonchev–Trinajstić information content (AvgIpc) is 2.30. The van der Waals surface area contributed by atoms with Gasteiger partial charge in [0.15, 0.2) is 0 Å². The molecule has 2 N–H and O–H groups in total. The summed E-state index contributed by atoms with van der Waals surface area (Å²) < 4.78 is 10.5. The highest BCUT2D eigenvalue weighted by molar-refractivity contribution is 5.79. The van der Waals surface area contributed by atoms with Gasteiger partial charge in [-0.25, -0.2) is 5.84 Å². The highest BCUT2D eigenvalue weighted by Crippen LogP contribution is 2.28. The van der Waals surface area contributed by atoms with Gasteiger partial charge in [0, 0.05) is 12.6 Å². The summed E-state index contributed by atoms with van der Waals surface area (Å²) in [6, 6.07) is 3.65. The first-order valence-electron chi connectivity index (χ1n) is 5.22. The van der Waals surface area contributed by atoms with E-state index >= 15 is 0 Å². The predicted octanol–water partition coefficient (Wildman–Crippen LogP) is 0.887. The van der Waals surface area contributed by atoms with Gasteiger partial charge in [-0.3, -0.25) is 9.80 Å². The van der Waals surface area contributed by atoms with Crippen molar-refractivity contribution in [3.8, 4) is 11.5 Å². The summed E-state index contributed by atoms with van der Waals surface area (Å²) in [5.74, 6) is 6.60. The lowest BCUT2D eigenvalue weighted by Crippen LogP contribution is -2.34. The summed E-state index contributed by atoms with van der Waals surface area (Å²) >= 11 is 0. The molecule has 0 spiro atoms. The van der Waals surface area contributed by atoms with Gasteiger partial charge < -0.3 is 9.47 Å². The van der Waals surface area contributed by atoms with E-state index in [0.717, 1.165) is 21.9 Å². The van der Waals surface area contributed by atoms with Crippen molar-refractivity contribution in [2.24, 2.45) is 5.84 Å². The first-order chi connectivity index (χ1) is 7.99. The molecule has 1 amide bonds. The summed E-state index contributed by atoms with van der Waals surface area (Å²) in [5, 5.41) is 1.06. The van der Waals surface area contributed by atoms with E-state index in [1.54, 1.807) is 20.3 Å². The van der Waals surface area contributed by atoms with Crippen molar-refractivity contribution in [3.05, 3.63) is 23.3 Å². The molecule has 1 rings (SSSR count). The number of aryl methyl sites for hydroxylation is 1. The Hall–Kier alpha value is -1.75. The quantitative estimate of drug-likeness (QED) is 0.480. The minimum Gasteiger partial charge on any atom is -0.496 e. The van der Waals surface area contributed by atoms with Crippen LogP contribution in [0.4, 0.5) is 0 Å². The zero-order valence-electron chi connectivity index (χ0n) is 10.6. The molecule has 0 saturated carbocycles. The Morgan fingerprint density at radius 3 is 2.35 bits per heavy atom. The Bertz CT molecular complexity index is 416. The number of nitrogens with zero attached hydrogens (tertiary/aromatic N) is 1. The number of amides is 1. The molecular weight excluding hydrogens is 220 g/mol. The first kappa shape index (κ1) is 13.3. The SMILES string of the molecule is COc1cc(CC(=O)N(C)N)c(OC)cc1C. The fourth-order valence-corrected chi connectivity index (χ4v) is 1.54. The third-order valence-corrected chi connectivity index (χ3v) is 2.53. The fraction of sp³-hybridized carbons (Fsp3) is 0.417. The van der Waals surface area contributed by atoms with Crippen molar-refractivity contribution in [1.29, 1.82) is 0 Å². The van der Waals surface area contributed by atoms with Crippen molar-refractivity contribution in [3.63, 3.8) is 0 Å². The van der Waals surface area contributed by atoms with Gasteiger partial charge in [-0.2, -0.15) is 0 Å². The fourth-order valence-electron chi connectivity index (χ4n) is 1.54. The minimum atomic E-state index is -0.186. The maximum absolute atomic E-state index is 11.6. The standard InChI is InChI=1S/C12H18N2O3/c1-8-5-11(17-4)9(6-10(8)16-3)7-12(15)14(2)13/h5-6H,7,13H2,1-4H3. The molecule has 0 aromatic heterocycles. The van der Waals surface area contributed by atoms with Crippen LogP contribution in [0.5, 0.6) is 11.5 Å². The lowest BCUT2D eigenvalue weighted by molar-refractivity contribution is -0.129.